The average Bonchev–Trinajstić information content (AvgIpc) is 3.38. The third kappa shape index (κ3) is 3.86. The van der Waals surface area contributed by atoms with Crippen LogP contribution >= 0.6 is 0 Å². The zero-order chi connectivity index (χ0) is 20.5. The van der Waals surface area contributed by atoms with Crippen LogP contribution in [0.4, 0.5) is 5.69 Å². The molecule has 3 atom stereocenters. The quantitative estimate of drug-likeness (QED) is 0.760. The van der Waals surface area contributed by atoms with Gasteiger partial charge in [0.15, 0.2) is 6.61 Å². The second kappa shape index (κ2) is 7.89. The topological polar surface area (TPSA) is 82.3 Å². The van der Waals surface area contributed by atoms with Crippen molar-refractivity contribution in [1.29, 1.82) is 0 Å². The van der Waals surface area contributed by atoms with Gasteiger partial charge in [-0.2, -0.15) is 0 Å². The van der Waals surface area contributed by atoms with Gasteiger partial charge in [0.05, 0.1) is 11.4 Å². The lowest BCUT2D eigenvalue weighted by atomic mass is 9.86. The highest BCUT2D eigenvalue weighted by Crippen LogP contribution is 2.49. The van der Waals surface area contributed by atoms with E-state index in [2.05, 4.69) is 5.32 Å². The molecular formula is C22H27N3O4. The van der Waals surface area contributed by atoms with Gasteiger partial charge >= 0.3 is 5.97 Å². The number of esters is 1. The Morgan fingerprint density at radius 3 is 2.59 bits per heavy atom. The average molecular weight is 397 g/mol. The van der Waals surface area contributed by atoms with E-state index in [-0.39, 0.29) is 23.8 Å². The molecule has 154 valence electrons. The standard InChI is InChI=1S/C22H27N3O4/c1-14-21(22(28)25(24(14)2)18-6-4-3-5-7-18)23-19(26)13-29-20(27)12-17-11-15-8-9-16(17)10-15/h3-7,15-17H,8-13H2,1-2H3,(H,23,26)/t15-,16+,17-/m0/s1. The zero-order valence-electron chi connectivity index (χ0n) is 16.9. The minimum Gasteiger partial charge on any atom is -0.456 e. The maximum Gasteiger partial charge on any atom is 0.306 e. The van der Waals surface area contributed by atoms with E-state index in [0.29, 0.717) is 29.6 Å². The minimum atomic E-state index is -0.502. The Morgan fingerprint density at radius 2 is 1.93 bits per heavy atom. The summed E-state index contributed by atoms with van der Waals surface area (Å²) in [6.45, 7) is 1.39. The smallest absolute Gasteiger partial charge is 0.306 e. The molecule has 0 aliphatic heterocycles. The molecule has 2 saturated carbocycles. The number of rotatable bonds is 6. The maximum atomic E-state index is 12.8. The van der Waals surface area contributed by atoms with Gasteiger partial charge < -0.3 is 10.1 Å². The summed E-state index contributed by atoms with van der Waals surface area (Å²) in [7, 11) is 1.76. The van der Waals surface area contributed by atoms with Crippen molar-refractivity contribution in [2.75, 3.05) is 11.9 Å². The summed E-state index contributed by atoms with van der Waals surface area (Å²) < 4.78 is 8.36. The number of hydrogen-bond donors (Lipinski definition) is 1. The number of para-hydroxylation sites is 1. The van der Waals surface area contributed by atoms with Gasteiger partial charge in [-0.25, -0.2) is 4.68 Å². The second-order valence-corrected chi connectivity index (χ2v) is 8.28. The van der Waals surface area contributed by atoms with Crippen molar-refractivity contribution >= 4 is 17.6 Å². The molecule has 2 aliphatic rings. The number of ether oxygens (including phenoxy) is 1. The normalized spacial score (nSPS) is 22.6. The van der Waals surface area contributed by atoms with Gasteiger partial charge in [-0.05, 0) is 56.1 Å². The summed E-state index contributed by atoms with van der Waals surface area (Å²) in [6.07, 6.45) is 5.23. The van der Waals surface area contributed by atoms with Crippen molar-refractivity contribution in [2.24, 2.45) is 24.8 Å². The molecule has 7 nitrogen and oxygen atoms in total. The largest absolute Gasteiger partial charge is 0.456 e. The molecule has 0 saturated heterocycles. The van der Waals surface area contributed by atoms with Gasteiger partial charge in [-0.1, -0.05) is 24.6 Å². The highest BCUT2D eigenvalue weighted by Gasteiger charge is 2.40. The molecule has 1 amide bonds. The van der Waals surface area contributed by atoms with Crippen LogP contribution in [-0.4, -0.2) is 27.8 Å². The molecular weight excluding hydrogens is 370 g/mol. The molecule has 0 radical (unpaired) electrons. The van der Waals surface area contributed by atoms with Crippen LogP contribution in [-0.2, 0) is 21.4 Å². The highest BCUT2D eigenvalue weighted by molar-refractivity contribution is 5.93. The summed E-state index contributed by atoms with van der Waals surface area (Å²) in [5.41, 5.74) is 1.21. The number of anilines is 1. The Kier molecular flexibility index (Phi) is 5.30. The van der Waals surface area contributed by atoms with Crippen LogP contribution in [0.3, 0.4) is 0 Å². The minimum absolute atomic E-state index is 0.200. The van der Waals surface area contributed by atoms with E-state index in [1.165, 1.54) is 23.9 Å². The molecule has 0 spiro atoms. The molecule has 2 aliphatic carbocycles. The van der Waals surface area contributed by atoms with Crippen LogP contribution in [0.1, 0.15) is 37.8 Å². The number of carbonyl (C=O) groups excluding carboxylic acids is 2. The van der Waals surface area contributed by atoms with Gasteiger partial charge in [0.2, 0.25) is 0 Å². The Labute approximate surface area is 169 Å². The monoisotopic (exact) mass is 397 g/mol. The summed E-state index contributed by atoms with van der Waals surface area (Å²) in [5.74, 6) is 0.985. The lowest BCUT2D eigenvalue weighted by molar-refractivity contribution is -0.148. The molecule has 2 fully saturated rings. The summed E-state index contributed by atoms with van der Waals surface area (Å²) in [4.78, 5) is 37.2. The van der Waals surface area contributed by atoms with Crippen molar-refractivity contribution in [3.05, 3.63) is 46.4 Å². The predicted molar refractivity (Wildman–Crippen MR) is 109 cm³/mol. The predicted octanol–water partition coefficient (Wildman–Crippen LogP) is 2.79. The Hall–Kier alpha value is -2.83. The van der Waals surface area contributed by atoms with Crippen LogP contribution < -0.4 is 10.9 Å². The van der Waals surface area contributed by atoms with Crippen LogP contribution in [0, 0.1) is 24.7 Å². The lowest BCUT2D eigenvalue weighted by Gasteiger charge is -2.20. The number of nitrogens with zero attached hydrogens (tertiary/aromatic N) is 2. The number of benzene rings is 1. The van der Waals surface area contributed by atoms with Crippen molar-refractivity contribution in [2.45, 2.75) is 39.0 Å². The Bertz CT molecular complexity index is 976. The van der Waals surface area contributed by atoms with Crippen molar-refractivity contribution in [3.63, 3.8) is 0 Å². The van der Waals surface area contributed by atoms with Crippen molar-refractivity contribution in [3.8, 4) is 5.69 Å². The third-order valence-electron chi connectivity index (χ3n) is 6.50. The van der Waals surface area contributed by atoms with E-state index in [1.807, 2.05) is 30.3 Å². The van der Waals surface area contributed by atoms with Crippen LogP contribution in [0.5, 0.6) is 0 Å². The Balaban J connectivity index is 1.36. The van der Waals surface area contributed by atoms with E-state index in [0.717, 1.165) is 12.3 Å². The molecule has 1 N–H and O–H groups in total. The molecule has 29 heavy (non-hydrogen) atoms. The number of hydrogen-bond acceptors (Lipinski definition) is 4. The van der Waals surface area contributed by atoms with Gasteiger partial charge in [-0.15, -0.1) is 0 Å². The maximum absolute atomic E-state index is 12.8. The number of aromatic nitrogens is 2. The summed E-state index contributed by atoms with van der Waals surface area (Å²) in [6, 6.07) is 9.21. The zero-order valence-corrected chi connectivity index (χ0v) is 16.9. The fourth-order valence-electron chi connectivity index (χ4n) is 4.93. The number of nitrogens with one attached hydrogen (secondary N) is 1. The van der Waals surface area contributed by atoms with Gasteiger partial charge in [0, 0.05) is 13.5 Å². The molecule has 1 aromatic carbocycles. The molecule has 0 unspecified atom stereocenters. The first-order valence-electron chi connectivity index (χ1n) is 10.2. The molecule has 7 heteroatoms. The second-order valence-electron chi connectivity index (χ2n) is 8.28. The SMILES string of the molecule is Cc1c(NC(=O)COC(=O)C[C@@H]2C[C@H]3CC[C@@H]2C3)c(=O)n(-c2ccccc2)n1C. The van der Waals surface area contributed by atoms with E-state index in [1.54, 1.807) is 18.7 Å². The van der Waals surface area contributed by atoms with Gasteiger partial charge in [-0.3, -0.25) is 19.1 Å². The van der Waals surface area contributed by atoms with E-state index >= 15 is 0 Å². The first-order chi connectivity index (χ1) is 13.9. The third-order valence-corrected chi connectivity index (χ3v) is 6.50. The van der Waals surface area contributed by atoms with E-state index in [4.69, 9.17) is 4.74 Å². The molecule has 1 heterocycles. The lowest BCUT2D eigenvalue weighted by Crippen LogP contribution is -2.26. The highest BCUT2D eigenvalue weighted by atomic mass is 16.5. The van der Waals surface area contributed by atoms with Crippen LogP contribution in [0.15, 0.2) is 35.1 Å². The molecule has 1 aromatic heterocycles. The molecule has 2 bridgehead atoms. The number of fused-ring (bicyclic) bond motifs is 2. The first-order valence-corrected chi connectivity index (χ1v) is 10.2. The molecule has 2 aromatic rings. The van der Waals surface area contributed by atoms with Crippen LogP contribution in [0.2, 0.25) is 0 Å². The van der Waals surface area contributed by atoms with Crippen molar-refractivity contribution in [1.82, 2.24) is 9.36 Å². The Morgan fingerprint density at radius 1 is 1.17 bits per heavy atom. The van der Waals surface area contributed by atoms with E-state index in [9.17, 15) is 14.4 Å². The number of carbonyl (C=O) groups is 2. The first kappa shape index (κ1) is 19.5. The number of amides is 1. The van der Waals surface area contributed by atoms with Crippen molar-refractivity contribution < 1.29 is 14.3 Å². The van der Waals surface area contributed by atoms with Gasteiger partial charge in [0.25, 0.3) is 11.5 Å². The van der Waals surface area contributed by atoms with Gasteiger partial charge in [0.1, 0.15) is 5.69 Å². The van der Waals surface area contributed by atoms with E-state index < -0.39 is 5.91 Å². The summed E-state index contributed by atoms with van der Waals surface area (Å²) in [5, 5.41) is 2.62. The fraction of sp³-hybridized carbons (Fsp3) is 0.500. The molecule has 4 rings (SSSR count). The summed E-state index contributed by atoms with van der Waals surface area (Å²) >= 11 is 0. The van der Waals surface area contributed by atoms with Crippen LogP contribution in [0.25, 0.3) is 5.69 Å². The fourth-order valence-corrected chi connectivity index (χ4v) is 4.93.